The second-order valence-electron chi connectivity index (χ2n) is 7.07. The molecule has 0 fully saturated rings. The minimum atomic E-state index is -0.204. The molecule has 0 spiro atoms. The molecule has 0 unspecified atom stereocenters. The van der Waals surface area contributed by atoms with Gasteiger partial charge in [-0.3, -0.25) is 0 Å². The first-order chi connectivity index (χ1) is 14.5. The Balaban J connectivity index is 1.75. The van der Waals surface area contributed by atoms with Gasteiger partial charge < -0.3 is 19.9 Å². The number of pyridine rings is 1. The van der Waals surface area contributed by atoms with Gasteiger partial charge in [0.15, 0.2) is 28.9 Å². The van der Waals surface area contributed by atoms with Crippen molar-refractivity contribution in [1.29, 1.82) is 0 Å². The molecule has 0 atom stereocenters. The van der Waals surface area contributed by atoms with Crippen molar-refractivity contribution < 1.29 is 19.1 Å². The maximum absolute atomic E-state index is 13.5. The topological polar surface area (TPSA) is 57.4 Å². The van der Waals surface area contributed by atoms with Crippen molar-refractivity contribution in [2.75, 3.05) is 18.5 Å². The Morgan fingerprint density at radius 1 is 0.933 bits per heavy atom. The lowest BCUT2D eigenvalue weighted by Crippen LogP contribution is -2.39. The van der Waals surface area contributed by atoms with E-state index < -0.39 is 0 Å². The van der Waals surface area contributed by atoms with Gasteiger partial charge in [-0.05, 0) is 60.6 Å². The van der Waals surface area contributed by atoms with Crippen molar-refractivity contribution >= 4 is 34.3 Å². The van der Waals surface area contributed by atoms with Crippen LogP contribution in [0.15, 0.2) is 67.0 Å². The number of anilines is 1. The summed E-state index contributed by atoms with van der Waals surface area (Å²) in [5, 5.41) is 16.7. The smallest absolute Gasteiger partial charge is 0.238 e. The molecule has 3 aromatic rings. The van der Waals surface area contributed by atoms with E-state index in [0.717, 1.165) is 11.3 Å². The first kappa shape index (κ1) is 19.9. The van der Waals surface area contributed by atoms with Crippen LogP contribution in [0.3, 0.4) is 0 Å². The molecule has 6 heteroatoms. The Labute approximate surface area is 181 Å². The zero-order chi connectivity index (χ0) is 21.1. The average Bonchev–Trinajstić information content (AvgIpc) is 2.77. The minimum Gasteiger partial charge on any atom is -0.867 e. The molecular formula is C24H22N2O3S. The number of aromatic nitrogens is 1. The normalized spacial score (nSPS) is 13.4. The predicted molar refractivity (Wildman–Crippen MR) is 119 cm³/mol. The number of benzene rings is 2. The molecule has 5 nitrogen and oxygen atoms in total. The summed E-state index contributed by atoms with van der Waals surface area (Å²) in [6, 6.07) is 16.8. The van der Waals surface area contributed by atoms with E-state index in [1.807, 2.05) is 43.3 Å². The number of thiocarbonyl (C=S) groups is 1. The van der Waals surface area contributed by atoms with E-state index in [0.29, 0.717) is 41.0 Å². The van der Waals surface area contributed by atoms with E-state index in [1.165, 1.54) is 5.56 Å². The lowest BCUT2D eigenvalue weighted by molar-refractivity contribution is -0.577. The first-order valence-corrected chi connectivity index (χ1v) is 10.1. The predicted octanol–water partition coefficient (Wildman–Crippen LogP) is 3.49. The van der Waals surface area contributed by atoms with E-state index in [-0.39, 0.29) is 5.76 Å². The quantitative estimate of drug-likeness (QED) is 0.304. The highest BCUT2D eigenvalue weighted by atomic mass is 32.1. The van der Waals surface area contributed by atoms with Gasteiger partial charge in [0.05, 0.1) is 0 Å². The number of hydrogen-bond donors (Lipinski definition) is 1. The van der Waals surface area contributed by atoms with Gasteiger partial charge in [0.1, 0.15) is 13.2 Å². The monoisotopic (exact) mass is 418 g/mol. The molecule has 1 N–H and O–H groups in total. The van der Waals surface area contributed by atoms with Crippen LogP contribution >= 0.6 is 12.2 Å². The van der Waals surface area contributed by atoms with Crippen molar-refractivity contribution in [2.24, 2.45) is 0 Å². The van der Waals surface area contributed by atoms with Crippen LogP contribution in [0.4, 0.5) is 5.69 Å². The summed E-state index contributed by atoms with van der Waals surface area (Å²) in [5.74, 6) is 1.00. The number of aryl methyl sites for hydroxylation is 2. The molecule has 0 aliphatic carbocycles. The largest absolute Gasteiger partial charge is 0.867 e. The maximum Gasteiger partial charge on any atom is 0.238 e. The van der Waals surface area contributed by atoms with E-state index in [9.17, 15) is 5.11 Å². The summed E-state index contributed by atoms with van der Waals surface area (Å²) in [6.45, 7) is 5.06. The minimum absolute atomic E-state index is 0.204. The Morgan fingerprint density at radius 2 is 1.67 bits per heavy atom. The molecule has 0 amide bonds. The van der Waals surface area contributed by atoms with Crippen molar-refractivity contribution in [3.8, 4) is 11.5 Å². The Bertz CT molecular complexity index is 1130. The lowest BCUT2D eigenvalue weighted by atomic mass is 10.1. The van der Waals surface area contributed by atoms with Crippen LogP contribution in [-0.2, 0) is 0 Å². The molecule has 30 heavy (non-hydrogen) atoms. The zero-order valence-electron chi connectivity index (χ0n) is 16.8. The summed E-state index contributed by atoms with van der Waals surface area (Å²) in [7, 11) is 0. The molecule has 152 valence electrons. The number of rotatable bonds is 4. The highest BCUT2D eigenvalue weighted by Gasteiger charge is 2.20. The molecule has 1 aliphatic heterocycles. The summed E-state index contributed by atoms with van der Waals surface area (Å²) in [6.07, 6.45) is 3.61. The number of nitrogens with zero attached hydrogens (tertiary/aromatic N) is 1. The van der Waals surface area contributed by atoms with Crippen molar-refractivity contribution in [2.45, 2.75) is 13.8 Å². The van der Waals surface area contributed by atoms with Crippen LogP contribution in [0.25, 0.3) is 11.5 Å². The van der Waals surface area contributed by atoms with E-state index >= 15 is 0 Å². The summed E-state index contributed by atoms with van der Waals surface area (Å²) >= 11 is 5.67. The van der Waals surface area contributed by atoms with E-state index in [1.54, 1.807) is 35.2 Å². The molecule has 2 aromatic carbocycles. The van der Waals surface area contributed by atoms with E-state index in [4.69, 9.17) is 21.7 Å². The SMILES string of the molecule is Cc1ccc(NC(=S)C(=C([O-])c2ccc3c(c2)OCCO3)[n+]2ccccc2)cc1C. The highest BCUT2D eigenvalue weighted by Crippen LogP contribution is 2.32. The number of hydrogen-bond acceptors (Lipinski definition) is 4. The van der Waals surface area contributed by atoms with Crippen LogP contribution in [0, 0.1) is 13.8 Å². The summed E-state index contributed by atoms with van der Waals surface area (Å²) in [5.41, 5.74) is 4.03. The number of fused-ring (bicyclic) bond motifs is 1. The molecule has 0 radical (unpaired) electrons. The maximum atomic E-state index is 13.5. The van der Waals surface area contributed by atoms with Crippen LogP contribution in [0.2, 0.25) is 0 Å². The fraction of sp³-hybridized carbons (Fsp3) is 0.167. The molecular weight excluding hydrogens is 396 g/mol. The third kappa shape index (κ3) is 4.14. The average molecular weight is 419 g/mol. The molecule has 0 saturated heterocycles. The Kier molecular flexibility index (Phi) is 5.68. The van der Waals surface area contributed by atoms with Gasteiger partial charge in [0.2, 0.25) is 5.70 Å². The van der Waals surface area contributed by atoms with Gasteiger partial charge in [0.25, 0.3) is 0 Å². The third-order valence-corrected chi connectivity index (χ3v) is 5.27. The standard InChI is InChI=1S/C24H22N2O3S/c1-16-6-8-19(14-17(16)2)25-24(30)22(26-10-4-3-5-11-26)23(27)18-7-9-20-21(15-18)29-13-12-28-20/h3-11,14-15H,12-13H2,1-2H3,(H-,25,27,30). The van der Waals surface area contributed by atoms with Crippen LogP contribution in [0.5, 0.6) is 11.5 Å². The third-order valence-electron chi connectivity index (χ3n) is 4.97. The molecule has 2 heterocycles. The van der Waals surface area contributed by atoms with E-state index in [2.05, 4.69) is 12.2 Å². The molecule has 1 aliphatic rings. The Hall–Kier alpha value is -3.38. The van der Waals surface area contributed by atoms with Crippen LogP contribution < -0.4 is 24.5 Å². The van der Waals surface area contributed by atoms with Crippen LogP contribution in [0.1, 0.15) is 16.7 Å². The fourth-order valence-electron chi connectivity index (χ4n) is 3.22. The van der Waals surface area contributed by atoms with Gasteiger partial charge in [-0.15, -0.1) is 0 Å². The first-order valence-electron chi connectivity index (χ1n) is 9.69. The number of ether oxygens (including phenoxy) is 2. The van der Waals surface area contributed by atoms with Crippen molar-refractivity contribution in [1.82, 2.24) is 0 Å². The molecule has 0 saturated carbocycles. The van der Waals surface area contributed by atoms with Crippen LogP contribution in [-0.4, -0.2) is 18.2 Å². The van der Waals surface area contributed by atoms with Gasteiger partial charge in [-0.2, -0.15) is 4.57 Å². The molecule has 4 rings (SSSR count). The van der Waals surface area contributed by atoms with Gasteiger partial charge in [0, 0.05) is 17.8 Å². The number of nitrogens with one attached hydrogen (secondary N) is 1. The molecule has 0 bridgehead atoms. The summed E-state index contributed by atoms with van der Waals surface area (Å²) < 4.78 is 12.9. The van der Waals surface area contributed by atoms with Crippen molar-refractivity contribution in [3.05, 3.63) is 83.7 Å². The second kappa shape index (κ2) is 8.55. The second-order valence-corrected chi connectivity index (χ2v) is 7.48. The zero-order valence-corrected chi connectivity index (χ0v) is 17.7. The van der Waals surface area contributed by atoms with Gasteiger partial charge >= 0.3 is 0 Å². The van der Waals surface area contributed by atoms with Crippen molar-refractivity contribution in [3.63, 3.8) is 0 Å². The van der Waals surface area contributed by atoms with Gasteiger partial charge in [-0.25, -0.2) is 0 Å². The molecule has 1 aromatic heterocycles. The fourth-order valence-corrected chi connectivity index (χ4v) is 3.53. The lowest BCUT2D eigenvalue weighted by Gasteiger charge is -2.21. The van der Waals surface area contributed by atoms with Gasteiger partial charge in [-0.1, -0.05) is 30.4 Å². The summed E-state index contributed by atoms with van der Waals surface area (Å²) in [4.78, 5) is 0.342. The highest BCUT2D eigenvalue weighted by molar-refractivity contribution is 7.81. The Morgan fingerprint density at radius 3 is 2.40 bits per heavy atom.